The molecule has 0 bridgehead atoms. The number of hydrogen-bond acceptors (Lipinski definition) is 5. The molecule has 2 N–H and O–H groups in total. The largest absolute Gasteiger partial charge is 0.357 e. The summed E-state index contributed by atoms with van der Waals surface area (Å²) in [4.78, 5) is 32.7. The summed E-state index contributed by atoms with van der Waals surface area (Å²) in [5.41, 5.74) is 1.71. The van der Waals surface area contributed by atoms with Gasteiger partial charge in [-0.25, -0.2) is 18.7 Å². The van der Waals surface area contributed by atoms with Gasteiger partial charge in [0.1, 0.15) is 6.04 Å². The van der Waals surface area contributed by atoms with Crippen molar-refractivity contribution in [2.24, 2.45) is 0 Å². The van der Waals surface area contributed by atoms with Gasteiger partial charge >= 0.3 is 0 Å². The SMILES string of the molecule is CNC(=O)C(NC(=O)CSc1nc(C)cc(C)n1)c1ccc(F)c(F)c1. The van der Waals surface area contributed by atoms with Gasteiger partial charge in [0.15, 0.2) is 16.8 Å². The Kier molecular flexibility index (Phi) is 6.62. The van der Waals surface area contributed by atoms with E-state index in [1.165, 1.54) is 13.1 Å². The van der Waals surface area contributed by atoms with E-state index in [2.05, 4.69) is 20.6 Å². The Labute approximate surface area is 153 Å². The number of carbonyl (C=O) groups is 2. The van der Waals surface area contributed by atoms with Gasteiger partial charge in [0.25, 0.3) is 0 Å². The monoisotopic (exact) mass is 380 g/mol. The number of carbonyl (C=O) groups excluding carboxylic acids is 2. The van der Waals surface area contributed by atoms with E-state index in [-0.39, 0.29) is 11.3 Å². The first kappa shape index (κ1) is 19.8. The first-order valence-electron chi connectivity index (χ1n) is 7.71. The number of halogens is 2. The van der Waals surface area contributed by atoms with Crippen molar-refractivity contribution in [3.8, 4) is 0 Å². The number of likely N-dealkylation sites (N-methyl/N-ethyl adjacent to an activating group) is 1. The van der Waals surface area contributed by atoms with Gasteiger partial charge < -0.3 is 10.6 Å². The van der Waals surface area contributed by atoms with Crippen molar-refractivity contribution >= 4 is 23.6 Å². The second-order valence-electron chi connectivity index (χ2n) is 5.51. The summed E-state index contributed by atoms with van der Waals surface area (Å²) in [5, 5.41) is 5.35. The average molecular weight is 380 g/mol. The quantitative estimate of drug-likeness (QED) is 0.592. The van der Waals surface area contributed by atoms with E-state index in [4.69, 9.17) is 0 Å². The van der Waals surface area contributed by atoms with Crippen molar-refractivity contribution in [2.75, 3.05) is 12.8 Å². The molecular weight excluding hydrogens is 362 g/mol. The molecule has 6 nitrogen and oxygen atoms in total. The molecule has 0 spiro atoms. The standard InChI is InChI=1S/C17H18F2N4O2S/c1-9-6-10(2)22-17(21-9)26-8-14(24)23-15(16(25)20-3)11-4-5-12(18)13(19)7-11/h4-7,15H,8H2,1-3H3,(H,20,25)(H,23,24). The van der Waals surface area contributed by atoms with Gasteiger partial charge in [0, 0.05) is 18.4 Å². The predicted molar refractivity (Wildman–Crippen MR) is 93.5 cm³/mol. The minimum absolute atomic E-state index is 0.0277. The van der Waals surface area contributed by atoms with Gasteiger partial charge in [0.2, 0.25) is 11.8 Å². The molecule has 9 heteroatoms. The summed E-state index contributed by atoms with van der Waals surface area (Å²) in [6.07, 6.45) is 0. The van der Waals surface area contributed by atoms with Gasteiger partial charge in [-0.15, -0.1) is 0 Å². The second kappa shape index (κ2) is 8.70. The first-order valence-corrected chi connectivity index (χ1v) is 8.69. The number of aryl methyl sites for hydroxylation is 2. The van der Waals surface area contributed by atoms with Crippen molar-refractivity contribution in [2.45, 2.75) is 25.0 Å². The van der Waals surface area contributed by atoms with Crippen LogP contribution in [0.1, 0.15) is 23.0 Å². The van der Waals surface area contributed by atoms with Crippen molar-refractivity contribution < 1.29 is 18.4 Å². The van der Waals surface area contributed by atoms with Crippen LogP contribution in [0.2, 0.25) is 0 Å². The zero-order valence-electron chi connectivity index (χ0n) is 14.5. The van der Waals surface area contributed by atoms with Gasteiger partial charge in [0.05, 0.1) is 5.75 Å². The van der Waals surface area contributed by atoms with Gasteiger partial charge in [-0.05, 0) is 37.6 Å². The van der Waals surface area contributed by atoms with E-state index in [0.29, 0.717) is 5.16 Å². The van der Waals surface area contributed by atoms with Crippen LogP contribution in [0, 0.1) is 25.5 Å². The first-order chi connectivity index (χ1) is 12.3. The fraction of sp³-hybridized carbons (Fsp3) is 0.294. The molecule has 0 saturated heterocycles. The number of benzene rings is 1. The maximum atomic E-state index is 13.4. The molecule has 26 heavy (non-hydrogen) atoms. The fourth-order valence-electron chi connectivity index (χ4n) is 2.23. The number of nitrogens with one attached hydrogen (secondary N) is 2. The lowest BCUT2D eigenvalue weighted by Gasteiger charge is -2.17. The van der Waals surface area contributed by atoms with E-state index < -0.39 is 29.5 Å². The molecule has 1 aromatic carbocycles. The number of amides is 2. The third kappa shape index (κ3) is 5.22. The Bertz CT molecular complexity index is 812. The Balaban J connectivity index is 2.08. The second-order valence-corrected chi connectivity index (χ2v) is 6.45. The van der Waals surface area contributed by atoms with Gasteiger partial charge in [-0.3, -0.25) is 9.59 Å². The van der Waals surface area contributed by atoms with E-state index >= 15 is 0 Å². The van der Waals surface area contributed by atoms with Crippen LogP contribution in [0.3, 0.4) is 0 Å². The van der Waals surface area contributed by atoms with Crippen LogP contribution in [-0.2, 0) is 9.59 Å². The molecular formula is C17H18F2N4O2S. The topological polar surface area (TPSA) is 84.0 Å². The Morgan fingerprint density at radius 2 is 1.77 bits per heavy atom. The van der Waals surface area contributed by atoms with Crippen LogP contribution in [0.15, 0.2) is 29.4 Å². The van der Waals surface area contributed by atoms with Crippen molar-refractivity contribution in [1.29, 1.82) is 0 Å². The molecule has 1 heterocycles. The molecule has 0 fully saturated rings. The van der Waals surface area contributed by atoms with Crippen molar-refractivity contribution in [3.63, 3.8) is 0 Å². The van der Waals surface area contributed by atoms with Crippen LogP contribution in [0.25, 0.3) is 0 Å². The maximum absolute atomic E-state index is 13.4. The van der Waals surface area contributed by atoms with Crippen LogP contribution in [0.4, 0.5) is 8.78 Å². The number of aromatic nitrogens is 2. The Morgan fingerprint density at radius 3 is 2.35 bits per heavy atom. The molecule has 138 valence electrons. The lowest BCUT2D eigenvalue weighted by molar-refractivity contribution is -0.127. The van der Waals surface area contributed by atoms with Gasteiger partial charge in [-0.2, -0.15) is 0 Å². The molecule has 0 radical (unpaired) electrons. The molecule has 1 unspecified atom stereocenters. The Hall–Kier alpha value is -2.55. The van der Waals surface area contributed by atoms with Gasteiger partial charge in [-0.1, -0.05) is 17.8 Å². The molecule has 1 atom stereocenters. The number of thioether (sulfide) groups is 1. The number of hydrogen-bond donors (Lipinski definition) is 2. The van der Waals surface area contributed by atoms with Crippen molar-refractivity contribution in [3.05, 3.63) is 52.9 Å². The highest BCUT2D eigenvalue weighted by molar-refractivity contribution is 7.99. The summed E-state index contributed by atoms with van der Waals surface area (Å²) >= 11 is 1.12. The minimum atomic E-state index is -1.14. The third-order valence-electron chi connectivity index (χ3n) is 3.39. The smallest absolute Gasteiger partial charge is 0.246 e. The Morgan fingerprint density at radius 1 is 1.12 bits per heavy atom. The van der Waals surface area contributed by atoms with E-state index in [1.807, 2.05) is 19.9 Å². The number of rotatable bonds is 6. The zero-order valence-corrected chi connectivity index (χ0v) is 15.3. The summed E-state index contributed by atoms with van der Waals surface area (Å²) in [6.45, 7) is 3.65. The summed E-state index contributed by atoms with van der Waals surface area (Å²) in [7, 11) is 1.39. The summed E-state index contributed by atoms with van der Waals surface area (Å²) in [5.74, 6) is -3.16. The number of nitrogens with zero attached hydrogens (tertiary/aromatic N) is 2. The zero-order chi connectivity index (χ0) is 19.3. The van der Waals surface area contributed by atoms with Crippen molar-refractivity contribution in [1.82, 2.24) is 20.6 Å². The predicted octanol–water partition coefficient (Wildman–Crippen LogP) is 2.07. The molecule has 1 aromatic heterocycles. The maximum Gasteiger partial charge on any atom is 0.246 e. The average Bonchev–Trinajstić information content (AvgIpc) is 2.59. The lowest BCUT2D eigenvalue weighted by atomic mass is 10.1. The van der Waals surface area contributed by atoms with E-state index in [0.717, 1.165) is 35.3 Å². The molecule has 2 amide bonds. The third-order valence-corrected chi connectivity index (χ3v) is 4.23. The highest BCUT2D eigenvalue weighted by Crippen LogP contribution is 2.18. The van der Waals surface area contributed by atoms with Crippen LogP contribution >= 0.6 is 11.8 Å². The van der Waals surface area contributed by atoms with Crippen LogP contribution in [-0.4, -0.2) is 34.6 Å². The minimum Gasteiger partial charge on any atom is -0.357 e. The van der Waals surface area contributed by atoms with E-state index in [1.54, 1.807) is 0 Å². The molecule has 0 aliphatic carbocycles. The van der Waals surface area contributed by atoms with Crippen LogP contribution in [0.5, 0.6) is 0 Å². The van der Waals surface area contributed by atoms with Crippen LogP contribution < -0.4 is 10.6 Å². The summed E-state index contributed by atoms with van der Waals surface area (Å²) in [6, 6.07) is 3.72. The molecule has 2 aromatic rings. The molecule has 0 saturated carbocycles. The highest BCUT2D eigenvalue weighted by atomic mass is 32.2. The highest BCUT2D eigenvalue weighted by Gasteiger charge is 2.23. The van der Waals surface area contributed by atoms with E-state index in [9.17, 15) is 18.4 Å². The normalized spacial score (nSPS) is 11.7. The summed E-state index contributed by atoms with van der Waals surface area (Å²) < 4.78 is 26.6. The lowest BCUT2D eigenvalue weighted by Crippen LogP contribution is -2.39. The molecule has 0 aliphatic rings. The molecule has 0 aliphatic heterocycles. The molecule has 2 rings (SSSR count). The fourth-order valence-corrected chi connectivity index (χ4v) is 2.99.